The van der Waals surface area contributed by atoms with Gasteiger partial charge in [-0.3, -0.25) is 13.9 Å². The lowest BCUT2D eigenvalue weighted by Gasteiger charge is -2.32. The predicted molar refractivity (Wildman–Crippen MR) is 165 cm³/mol. The first-order valence-corrected chi connectivity index (χ1v) is 16.5. The number of carbonyl (C=O) groups excluding carboxylic acids is 2. The number of hydrogen-bond donors (Lipinski definition) is 1. The summed E-state index contributed by atoms with van der Waals surface area (Å²) in [5.41, 5.74) is 0.864. The third-order valence-electron chi connectivity index (χ3n) is 6.63. The van der Waals surface area contributed by atoms with Crippen molar-refractivity contribution in [2.45, 2.75) is 56.0 Å². The van der Waals surface area contributed by atoms with Gasteiger partial charge in [0.1, 0.15) is 24.2 Å². The Hall–Kier alpha value is -3.57. The van der Waals surface area contributed by atoms with Gasteiger partial charge in [0, 0.05) is 18.0 Å². The summed E-state index contributed by atoms with van der Waals surface area (Å²) in [4.78, 5) is 29.2. The molecule has 1 N–H and O–H groups in total. The topological polar surface area (TPSA) is 96.0 Å². The van der Waals surface area contributed by atoms with Crippen molar-refractivity contribution in [3.8, 4) is 5.75 Å². The quantitative estimate of drug-likeness (QED) is 0.180. The van der Waals surface area contributed by atoms with Gasteiger partial charge >= 0.3 is 0 Å². The Kier molecular flexibility index (Phi) is 12.2. The third-order valence-corrected chi connectivity index (χ3v) is 9.16. The van der Waals surface area contributed by atoms with Crippen LogP contribution in [0.4, 0.5) is 10.1 Å². The number of sulfonamides is 1. The summed E-state index contributed by atoms with van der Waals surface area (Å²) >= 11 is 1.48. The van der Waals surface area contributed by atoms with Crippen LogP contribution in [0.3, 0.4) is 0 Å². The second kappa shape index (κ2) is 15.6. The molecule has 42 heavy (non-hydrogen) atoms. The number of nitrogens with one attached hydrogen (secondary N) is 1. The summed E-state index contributed by atoms with van der Waals surface area (Å²) in [6.45, 7) is 5.77. The van der Waals surface area contributed by atoms with Crippen molar-refractivity contribution >= 4 is 39.3 Å². The molecule has 0 aliphatic rings. The van der Waals surface area contributed by atoms with Gasteiger partial charge in [0.05, 0.1) is 17.2 Å². The van der Waals surface area contributed by atoms with Gasteiger partial charge < -0.3 is 15.0 Å². The SMILES string of the molecule is CCCCNC(=O)[C@@H](C)N(Cc1ccc(F)cc1)C(=O)CN(c1ccc(OCC)cc1)S(=O)(=O)c1ccc(SC)cc1. The Bertz CT molecular complexity index is 1420. The second-order valence-electron chi connectivity index (χ2n) is 9.58. The van der Waals surface area contributed by atoms with Crippen LogP contribution in [0.25, 0.3) is 0 Å². The minimum atomic E-state index is -4.19. The second-order valence-corrected chi connectivity index (χ2v) is 12.3. The van der Waals surface area contributed by atoms with Crippen LogP contribution in [0.2, 0.25) is 0 Å². The van der Waals surface area contributed by atoms with Crippen molar-refractivity contribution in [3.63, 3.8) is 0 Å². The third kappa shape index (κ3) is 8.72. The van der Waals surface area contributed by atoms with E-state index < -0.39 is 34.3 Å². The highest BCUT2D eigenvalue weighted by molar-refractivity contribution is 7.98. The molecule has 3 aromatic carbocycles. The number of anilines is 1. The van der Waals surface area contributed by atoms with Crippen LogP contribution in [0.1, 0.15) is 39.2 Å². The van der Waals surface area contributed by atoms with Gasteiger partial charge in [-0.05, 0) is 92.8 Å². The molecular weight excluding hydrogens is 577 g/mol. The Morgan fingerprint density at radius 2 is 1.62 bits per heavy atom. The standard InChI is InChI=1S/C31H38FN3O5S2/c1-5-7-20-33-31(37)23(3)34(21-24-8-10-25(32)11-9-24)30(36)22-35(26-12-14-27(15-13-26)40-6-2)42(38,39)29-18-16-28(41-4)17-19-29/h8-19,23H,5-7,20-22H2,1-4H3,(H,33,37)/t23-/m1/s1. The van der Waals surface area contributed by atoms with Crippen LogP contribution < -0.4 is 14.4 Å². The highest BCUT2D eigenvalue weighted by atomic mass is 32.2. The van der Waals surface area contributed by atoms with Crippen molar-refractivity contribution in [1.29, 1.82) is 0 Å². The van der Waals surface area contributed by atoms with Crippen molar-refractivity contribution in [2.75, 3.05) is 30.3 Å². The number of rotatable bonds is 15. The fourth-order valence-corrected chi connectivity index (χ4v) is 6.01. The normalized spacial score (nSPS) is 11.9. The molecule has 226 valence electrons. The molecular formula is C31H38FN3O5S2. The molecule has 0 bridgehead atoms. The van der Waals surface area contributed by atoms with Crippen molar-refractivity contribution < 1.29 is 27.1 Å². The van der Waals surface area contributed by atoms with E-state index >= 15 is 0 Å². The van der Waals surface area contributed by atoms with Crippen LogP contribution >= 0.6 is 11.8 Å². The van der Waals surface area contributed by atoms with Gasteiger partial charge in [-0.25, -0.2) is 12.8 Å². The van der Waals surface area contributed by atoms with E-state index in [0.29, 0.717) is 24.5 Å². The maximum absolute atomic E-state index is 14.0. The Labute approximate surface area is 252 Å². The number of hydrogen-bond acceptors (Lipinski definition) is 6. The highest BCUT2D eigenvalue weighted by Gasteiger charge is 2.32. The van der Waals surface area contributed by atoms with Crippen LogP contribution in [-0.4, -0.2) is 57.1 Å². The number of ether oxygens (including phenoxy) is 1. The van der Waals surface area contributed by atoms with Gasteiger partial charge in [0.25, 0.3) is 10.0 Å². The minimum absolute atomic E-state index is 0.0128. The summed E-state index contributed by atoms with van der Waals surface area (Å²) in [5.74, 6) is -0.815. The number of halogens is 1. The predicted octanol–water partition coefficient (Wildman–Crippen LogP) is 5.48. The maximum atomic E-state index is 14.0. The highest BCUT2D eigenvalue weighted by Crippen LogP contribution is 2.28. The average Bonchev–Trinajstić information content (AvgIpc) is 2.99. The Balaban J connectivity index is 2.00. The van der Waals surface area contributed by atoms with Crippen molar-refractivity contribution in [3.05, 3.63) is 84.2 Å². The fraction of sp³-hybridized carbons (Fsp3) is 0.355. The van der Waals surface area contributed by atoms with E-state index in [-0.39, 0.29) is 23.0 Å². The number of carbonyl (C=O) groups is 2. The molecule has 0 aliphatic heterocycles. The number of benzene rings is 3. The molecule has 0 spiro atoms. The van der Waals surface area contributed by atoms with Gasteiger partial charge in [-0.2, -0.15) is 0 Å². The summed E-state index contributed by atoms with van der Waals surface area (Å²) in [6, 6.07) is 17.6. The molecule has 0 unspecified atom stereocenters. The summed E-state index contributed by atoms with van der Waals surface area (Å²) in [7, 11) is -4.19. The first-order valence-electron chi connectivity index (χ1n) is 13.8. The van der Waals surface area contributed by atoms with E-state index in [0.717, 1.165) is 22.0 Å². The molecule has 1 atom stereocenters. The molecule has 3 aromatic rings. The van der Waals surface area contributed by atoms with Gasteiger partial charge in [0.2, 0.25) is 11.8 Å². The van der Waals surface area contributed by atoms with E-state index in [4.69, 9.17) is 4.74 Å². The minimum Gasteiger partial charge on any atom is -0.494 e. The monoisotopic (exact) mass is 615 g/mol. The molecule has 11 heteroatoms. The molecule has 3 rings (SSSR count). The number of thioether (sulfide) groups is 1. The molecule has 0 aliphatic carbocycles. The lowest BCUT2D eigenvalue weighted by Crippen LogP contribution is -2.51. The molecule has 0 heterocycles. The molecule has 0 radical (unpaired) electrons. The van der Waals surface area contributed by atoms with Crippen LogP contribution in [-0.2, 0) is 26.2 Å². The first-order chi connectivity index (χ1) is 20.1. The van der Waals surface area contributed by atoms with Gasteiger partial charge in [0.15, 0.2) is 0 Å². The van der Waals surface area contributed by atoms with Gasteiger partial charge in [-0.1, -0.05) is 25.5 Å². The summed E-state index contributed by atoms with van der Waals surface area (Å²) < 4.78 is 48.1. The van der Waals surface area contributed by atoms with Crippen LogP contribution in [0, 0.1) is 5.82 Å². The van der Waals surface area contributed by atoms with E-state index in [1.165, 1.54) is 53.1 Å². The molecule has 0 saturated heterocycles. The lowest BCUT2D eigenvalue weighted by atomic mass is 10.1. The largest absolute Gasteiger partial charge is 0.494 e. The Morgan fingerprint density at radius 3 is 2.19 bits per heavy atom. The number of unbranched alkanes of at least 4 members (excludes halogenated alkanes) is 1. The molecule has 0 aromatic heterocycles. The van der Waals surface area contributed by atoms with Crippen molar-refractivity contribution in [2.24, 2.45) is 0 Å². The summed E-state index contributed by atoms with van der Waals surface area (Å²) in [5, 5.41) is 2.84. The molecule has 2 amide bonds. The van der Waals surface area contributed by atoms with Crippen molar-refractivity contribution in [1.82, 2.24) is 10.2 Å². The summed E-state index contributed by atoms with van der Waals surface area (Å²) in [6.07, 6.45) is 3.56. The van der Waals surface area contributed by atoms with Crippen LogP contribution in [0.5, 0.6) is 5.75 Å². The number of nitrogens with zero attached hydrogens (tertiary/aromatic N) is 2. The van der Waals surface area contributed by atoms with Crippen LogP contribution in [0.15, 0.2) is 82.6 Å². The number of amides is 2. The zero-order valence-corrected chi connectivity index (χ0v) is 26.0. The maximum Gasteiger partial charge on any atom is 0.264 e. The molecule has 0 saturated carbocycles. The van der Waals surface area contributed by atoms with E-state index in [2.05, 4.69) is 5.32 Å². The van der Waals surface area contributed by atoms with E-state index in [1.54, 1.807) is 43.3 Å². The lowest BCUT2D eigenvalue weighted by molar-refractivity contribution is -0.139. The van der Waals surface area contributed by atoms with E-state index in [9.17, 15) is 22.4 Å². The first kappa shape index (κ1) is 32.9. The Morgan fingerprint density at radius 1 is 0.976 bits per heavy atom. The van der Waals surface area contributed by atoms with E-state index in [1.807, 2.05) is 20.1 Å². The molecule has 8 nitrogen and oxygen atoms in total. The average molecular weight is 616 g/mol. The zero-order valence-electron chi connectivity index (χ0n) is 24.4. The smallest absolute Gasteiger partial charge is 0.264 e. The molecule has 0 fully saturated rings. The zero-order chi connectivity index (χ0) is 30.7. The van der Waals surface area contributed by atoms with Gasteiger partial charge in [-0.15, -0.1) is 11.8 Å². The fourth-order valence-electron chi connectivity index (χ4n) is 4.18.